The molecule has 0 fully saturated rings. The van der Waals surface area contributed by atoms with E-state index in [0.717, 1.165) is 31.2 Å². The summed E-state index contributed by atoms with van der Waals surface area (Å²) in [7, 11) is 0. The average molecular weight is 307 g/mol. The first-order valence-electron chi connectivity index (χ1n) is 7.76. The van der Waals surface area contributed by atoms with E-state index in [0.29, 0.717) is 5.75 Å². The molecule has 0 spiro atoms. The zero-order valence-electron chi connectivity index (χ0n) is 13.2. The average Bonchev–Trinajstić information content (AvgIpc) is 2.47. The predicted octanol–water partition coefficient (Wildman–Crippen LogP) is 2.76. The van der Waals surface area contributed by atoms with Crippen molar-refractivity contribution in [2.24, 2.45) is 11.7 Å². The quantitative estimate of drug-likeness (QED) is 0.541. The second kappa shape index (κ2) is 9.20. The van der Waals surface area contributed by atoms with E-state index in [1.807, 2.05) is 13.8 Å². The van der Waals surface area contributed by atoms with Gasteiger partial charge >= 0.3 is 11.9 Å². The minimum atomic E-state index is -1.05. The summed E-state index contributed by atoms with van der Waals surface area (Å²) in [6.07, 6.45) is 3.71. The summed E-state index contributed by atoms with van der Waals surface area (Å²) in [6, 6.07) is 5.92. The van der Waals surface area contributed by atoms with Crippen molar-refractivity contribution >= 4 is 11.9 Å². The second-order valence-electron chi connectivity index (χ2n) is 5.49. The highest BCUT2D eigenvalue weighted by Crippen LogP contribution is 2.20. The first kappa shape index (κ1) is 18.2. The first-order chi connectivity index (χ1) is 10.5. The van der Waals surface area contributed by atoms with Gasteiger partial charge in [-0.25, -0.2) is 0 Å². The summed E-state index contributed by atoms with van der Waals surface area (Å²) in [6.45, 7) is 4.09. The molecule has 0 aromatic heterocycles. The van der Waals surface area contributed by atoms with Crippen LogP contribution in [0.2, 0.25) is 0 Å². The van der Waals surface area contributed by atoms with E-state index in [1.54, 1.807) is 24.3 Å². The van der Waals surface area contributed by atoms with Gasteiger partial charge in [0.15, 0.2) is 0 Å². The lowest BCUT2D eigenvalue weighted by atomic mass is 9.98. The number of carbonyl (C=O) groups excluding carboxylic acids is 1. The summed E-state index contributed by atoms with van der Waals surface area (Å²) in [5.41, 5.74) is 6.26. The van der Waals surface area contributed by atoms with Crippen LogP contribution in [0.1, 0.15) is 45.1 Å². The number of ether oxygens (including phenoxy) is 1. The molecule has 122 valence electrons. The number of esters is 1. The number of hydrogen-bond donors (Lipinski definition) is 2. The summed E-state index contributed by atoms with van der Waals surface area (Å²) < 4.78 is 5.44. The molecule has 1 rings (SSSR count). The Morgan fingerprint density at radius 2 is 1.86 bits per heavy atom. The summed E-state index contributed by atoms with van der Waals surface area (Å²) in [4.78, 5) is 23.0. The Bertz CT molecular complexity index is 495. The Balaban J connectivity index is 2.72. The lowest BCUT2D eigenvalue weighted by molar-refractivity contribution is -0.140. The van der Waals surface area contributed by atoms with Crippen LogP contribution in [0.4, 0.5) is 0 Å². The van der Waals surface area contributed by atoms with Crippen molar-refractivity contribution in [1.29, 1.82) is 0 Å². The number of hydrogen-bond acceptors (Lipinski definition) is 4. The van der Waals surface area contributed by atoms with Gasteiger partial charge in [-0.15, -0.1) is 0 Å². The third-order valence-corrected chi connectivity index (χ3v) is 3.50. The van der Waals surface area contributed by atoms with Crippen LogP contribution in [0.15, 0.2) is 24.3 Å². The first-order valence-corrected chi connectivity index (χ1v) is 7.76. The van der Waals surface area contributed by atoms with Gasteiger partial charge in [-0.3, -0.25) is 9.59 Å². The topological polar surface area (TPSA) is 89.6 Å². The third-order valence-electron chi connectivity index (χ3n) is 3.50. The minimum absolute atomic E-state index is 0.0834. The minimum Gasteiger partial charge on any atom is -0.480 e. The lowest BCUT2D eigenvalue weighted by Crippen LogP contribution is -2.32. The maximum Gasteiger partial charge on any atom is 0.320 e. The summed E-state index contributed by atoms with van der Waals surface area (Å²) in [5, 5.41) is 8.84. The van der Waals surface area contributed by atoms with Crippen molar-refractivity contribution in [2.75, 3.05) is 0 Å². The maximum atomic E-state index is 12.2. The van der Waals surface area contributed by atoms with E-state index < -0.39 is 12.0 Å². The molecule has 0 aliphatic carbocycles. The van der Waals surface area contributed by atoms with Gasteiger partial charge in [0.05, 0.1) is 5.92 Å². The molecule has 22 heavy (non-hydrogen) atoms. The Kier molecular flexibility index (Phi) is 7.60. The molecule has 0 radical (unpaired) electrons. The standard InChI is InChI=1S/C17H25NO4/c1-3-6-13(7-4-2)17(21)22-14-9-5-8-12(10-14)11-15(18)16(19)20/h5,8-10,13,15H,3-4,6-7,11,18H2,1-2H3,(H,19,20). The van der Waals surface area contributed by atoms with Gasteiger partial charge in [0.2, 0.25) is 0 Å². The predicted molar refractivity (Wildman–Crippen MR) is 84.7 cm³/mol. The third kappa shape index (κ3) is 5.85. The van der Waals surface area contributed by atoms with Crippen molar-refractivity contribution in [3.05, 3.63) is 29.8 Å². The van der Waals surface area contributed by atoms with Crippen LogP contribution < -0.4 is 10.5 Å². The number of carbonyl (C=O) groups is 2. The van der Waals surface area contributed by atoms with Gasteiger partial charge in [-0.05, 0) is 37.0 Å². The number of aliphatic carboxylic acids is 1. The summed E-state index contributed by atoms with van der Waals surface area (Å²) in [5.74, 6) is -0.908. The molecular weight excluding hydrogens is 282 g/mol. The van der Waals surface area contributed by atoms with Crippen LogP contribution in [0.3, 0.4) is 0 Å². The highest BCUT2D eigenvalue weighted by molar-refractivity contribution is 5.75. The summed E-state index contributed by atoms with van der Waals surface area (Å²) >= 11 is 0. The van der Waals surface area contributed by atoms with Crippen molar-refractivity contribution < 1.29 is 19.4 Å². The molecule has 1 aromatic rings. The van der Waals surface area contributed by atoms with E-state index in [1.165, 1.54) is 0 Å². The molecule has 3 N–H and O–H groups in total. The van der Waals surface area contributed by atoms with Gasteiger partial charge < -0.3 is 15.6 Å². The lowest BCUT2D eigenvalue weighted by Gasteiger charge is -2.15. The van der Waals surface area contributed by atoms with Gasteiger partial charge in [0.25, 0.3) is 0 Å². The Hall–Kier alpha value is -1.88. The van der Waals surface area contributed by atoms with Gasteiger partial charge in [-0.2, -0.15) is 0 Å². The Labute approximate surface area is 131 Å². The molecule has 0 amide bonds. The monoisotopic (exact) mass is 307 g/mol. The zero-order chi connectivity index (χ0) is 16.5. The SMILES string of the molecule is CCCC(CCC)C(=O)Oc1cccc(CC(N)C(=O)O)c1. The molecule has 1 aromatic carbocycles. The van der Waals surface area contributed by atoms with E-state index >= 15 is 0 Å². The van der Waals surface area contributed by atoms with Crippen LogP contribution in [0.25, 0.3) is 0 Å². The van der Waals surface area contributed by atoms with Crippen LogP contribution >= 0.6 is 0 Å². The van der Waals surface area contributed by atoms with Crippen LogP contribution in [-0.2, 0) is 16.0 Å². The fourth-order valence-electron chi connectivity index (χ4n) is 2.35. The molecule has 0 saturated carbocycles. The molecule has 0 saturated heterocycles. The molecule has 5 nitrogen and oxygen atoms in total. The van der Waals surface area contributed by atoms with Gasteiger partial charge in [0.1, 0.15) is 11.8 Å². The number of nitrogens with two attached hydrogens (primary N) is 1. The number of carboxylic acid groups (broad SMARTS) is 1. The molecular formula is C17H25NO4. The fraction of sp³-hybridized carbons (Fsp3) is 0.529. The fourth-order valence-corrected chi connectivity index (χ4v) is 2.35. The smallest absolute Gasteiger partial charge is 0.320 e. The normalized spacial score (nSPS) is 12.2. The van der Waals surface area contributed by atoms with Crippen molar-refractivity contribution in [3.8, 4) is 5.75 Å². The Morgan fingerprint density at radius 1 is 1.23 bits per heavy atom. The number of rotatable bonds is 9. The largest absolute Gasteiger partial charge is 0.480 e. The van der Waals surface area contributed by atoms with Crippen LogP contribution in [0.5, 0.6) is 5.75 Å². The molecule has 0 aliphatic rings. The molecule has 1 unspecified atom stereocenters. The van der Waals surface area contributed by atoms with Crippen molar-refractivity contribution in [3.63, 3.8) is 0 Å². The molecule has 0 heterocycles. The molecule has 0 aliphatic heterocycles. The van der Waals surface area contributed by atoms with Gasteiger partial charge in [-0.1, -0.05) is 38.8 Å². The van der Waals surface area contributed by atoms with E-state index in [-0.39, 0.29) is 18.3 Å². The second-order valence-corrected chi connectivity index (χ2v) is 5.49. The zero-order valence-corrected chi connectivity index (χ0v) is 13.2. The maximum absolute atomic E-state index is 12.2. The highest BCUT2D eigenvalue weighted by Gasteiger charge is 2.19. The molecule has 0 bridgehead atoms. The molecule has 5 heteroatoms. The number of carboxylic acids is 1. The van der Waals surface area contributed by atoms with E-state index in [2.05, 4.69) is 0 Å². The van der Waals surface area contributed by atoms with Crippen LogP contribution in [-0.4, -0.2) is 23.1 Å². The molecule has 1 atom stereocenters. The van der Waals surface area contributed by atoms with E-state index in [4.69, 9.17) is 15.6 Å². The van der Waals surface area contributed by atoms with Crippen molar-refractivity contribution in [2.45, 2.75) is 52.0 Å². The van der Waals surface area contributed by atoms with Gasteiger partial charge in [0, 0.05) is 0 Å². The Morgan fingerprint density at radius 3 is 2.41 bits per heavy atom. The van der Waals surface area contributed by atoms with Crippen LogP contribution in [0, 0.1) is 5.92 Å². The van der Waals surface area contributed by atoms with Crippen molar-refractivity contribution in [1.82, 2.24) is 0 Å². The van der Waals surface area contributed by atoms with E-state index in [9.17, 15) is 9.59 Å². The number of benzene rings is 1. The highest BCUT2D eigenvalue weighted by atomic mass is 16.5.